The van der Waals surface area contributed by atoms with Crippen LogP contribution in [0.15, 0.2) is 108 Å². The molecule has 2 heterocycles. The molecule has 4 aromatic carbocycles. The Morgan fingerprint density at radius 1 is 0.878 bits per heavy atom. The fourth-order valence-electron chi connectivity index (χ4n) is 5.28. The van der Waals surface area contributed by atoms with Gasteiger partial charge in [-0.25, -0.2) is 8.42 Å². The van der Waals surface area contributed by atoms with Crippen molar-refractivity contribution < 1.29 is 22.7 Å². The smallest absolute Gasteiger partial charge is 0.244 e. The van der Waals surface area contributed by atoms with Crippen molar-refractivity contribution >= 4 is 37.5 Å². The lowest BCUT2D eigenvalue weighted by molar-refractivity contribution is -0.138. The first-order valence-corrected chi connectivity index (χ1v) is 14.7. The molecule has 1 aliphatic rings. The number of nitrogens with zero attached hydrogens (tertiary/aromatic N) is 3. The summed E-state index contributed by atoms with van der Waals surface area (Å²) >= 11 is 0. The van der Waals surface area contributed by atoms with Gasteiger partial charge in [0.2, 0.25) is 22.2 Å². The van der Waals surface area contributed by atoms with Crippen LogP contribution in [0.25, 0.3) is 21.5 Å². The summed E-state index contributed by atoms with van der Waals surface area (Å²) in [5, 5.41) is 3.57. The maximum absolute atomic E-state index is 13.9. The Hall–Kier alpha value is -4.47. The van der Waals surface area contributed by atoms with Gasteiger partial charge in [-0.1, -0.05) is 42.5 Å². The van der Waals surface area contributed by atoms with Crippen LogP contribution in [0.3, 0.4) is 0 Å². The standard InChI is InChI=1S/C32H29N3O5S/c1-34(41(37,38)29-13-11-22-10-12-28(39-2)19-25(22)20-29)30-15-17-35(31(30)36)32(40-27-6-4-3-5-7-27)24-9-8-23-14-16-33-21-26(23)18-24/h3-14,16,18-21,30,32H,15,17H2,1-2H3/t30-,32+/m0/s1. The maximum Gasteiger partial charge on any atom is 0.244 e. The number of fused-ring (bicyclic) bond motifs is 2. The summed E-state index contributed by atoms with van der Waals surface area (Å²) in [5.41, 5.74) is 0.775. The molecule has 9 heteroatoms. The Morgan fingerprint density at radius 2 is 1.63 bits per heavy atom. The van der Waals surface area contributed by atoms with E-state index < -0.39 is 22.3 Å². The van der Waals surface area contributed by atoms with E-state index in [0.717, 1.165) is 27.1 Å². The topological polar surface area (TPSA) is 89.0 Å². The SMILES string of the molecule is COc1ccc2ccc(S(=O)(=O)N(C)[C@H]3CCN([C@H](Oc4ccccc4)c4ccc5ccncc5c4)C3=O)cc2c1. The molecule has 8 nitrogen and oxygen atoms in total. The molecule has 0 aliphatic carbocycles. The fraction of sp³-hybridized carbons (Fsp3) is 0.188. The Balaban J connectivity index is 1.31. The second-order valence-corrected chi connectivity index (χ2v) is 12.0. The van der Waals surface area contributed by atoms with Crippen molar-refractivity contribution in [3.63, 3.8) is 0 Å². The van der Waals surface area contributed by atoms with Gasteiger partial charge in [-0.05, 0) is 71.1 Å². The van der Waals surface area contributed by atoms with Crippen molar-refractivity contribution in [2.45, 2.75) is 23.6 Å². The number of rotatable bonds is 8. The number of aromatic nitrogens is 1. The molecule has 0 bridgehead atoms. The predicted molar refractivity (Wildman–Crippen MR) is 157 cm³/mol. The summed E-state index contributed by atoms with van der Waals surface area (Å²) in [6.07, 6.45) is 3.09. The number of hydrogen-bond acceptors (Lipinski definition) is 6. The second-order valence-electron chi connectivity index (χ2n) is 10.00. The number of carbonyl (C=O) groups excluding carboxylic acids is 1. The second kappa shape index (κ2) is 10.8. The number of sulfonamides is 1. The van der Waals surface area contributed by atoms with Crippen LogP contribution >= 0.6 is 0 Å². The lowest BCUT2D eigenvalue weighted by Crippen LogP contribution is -2.44. The van der Waals surface area contributed by atoms with E-state index in [1.807, 2.05) is 66.7 Å². The first-order chi connectivity index (χ1) is 19.8. The minimum absolute atomic E-state index is 0.117. The number of ether oxygens (including phenoxy) is 2. The van der Waals surface area contributed by atoms with Crippen LogP contribution < -0.4 is 9.47 Å². The van der Waals surface area contributed by atoms with Crippen LogP contribution in [-0.4, -0.2) is 55.3 Å². The van der Waals surface area contributed by atoms with Gasteiger partial charge in [-0.3, -0.25) is 9.78 Å². The largest absolute Gasteiger partial charge is 0.497 e. The molecule has 1 aromatic heterocycles. The average molecular weight is 568 g/mol. The van der Waals surface area contributed by atoms with E-state index in [-0.39, 0.29) is 10.8 Å². The first-order valence-electron chi connectivity index (χ1n) is 13.3. The van der Waals surface area contributed by atoms with Gasteiger partial charge in [0.25, 0.3) is 0 Å². The third-order valence-corrected chi connectivity index (χ3v) is 9.43. The highest BCUT2D eigenvalue weighted by Gasteiger charge is 2.43. The minimum atomic E-state index is -3.97. The molecule has 2 atom stereocenters. The Morgan fingerprint density at radius 3 is 2.44 bits per heavy atom. The maximum atomic E-state index is 13.9. The van der Waals surface area contributed by atoms with Crippen LogP contribution in [-0.2, 0) is 14.8 Å². The lowest BCUT2D eigenvalue weighted by Gasteiger charge is -2.30. The quantitative estimate of drug-likeness (QED) is 0.250. The molecular weight excluding hydrogens is 538 g/mol. The Kier molecular flexibility index (Phi) is 7.07. The first kappa shape index (κ1) is 26.7. The summed E-state index contributed by atoms with van der Waals surface area (Å²) in [6.45, 7) is 0.334. The minimum Gasteiger partial charge on any atom is -0.497 e. The van der Waals surface area contributed by atoms with Gasteiger partial charge in [0, 0.05) is 36.9 Å². The number of methoxy groups -OCH3 is 1. The molecule has 0 saturated carbocycles. The zero-order valence-corrected chi connectivity index (χ0v) is 23.5. The third kappa shape index (κ3) is 5.10. The number of para-hydroxylation sites is 1. The molecule has 1 aliphatic heterocycles. The van der Waals surface area contributed by atoms with Gasteiger partial charge < -0.3 is 14.4 Å². The average Bonchev–Trinajstić information content (AvgIpc) is 3.39. The number of carbonyl (C=O) groups is 1. The van der Waals surface area contributed by atoms with Crippen molar-refractivity contribution in [1.82, 2.24) is 14.2 Å². The van der Waals surface area contributed by atoms with E-state index in [0.29, 0.717) is 24.5 Å². The summed E-state index contributed by atoms with van der Waals surface area (Å²) in [6, 6.07) is 26.6. The molecule has 0 N–H and O–H groups in total. The molecule has 5 aromatic rings. The van der Waals surface area contributed by atoms with Crippen molar-refractivity contribution in [2.24, 2.45) is 0 Å². The van der Waals surface area contributed by atoms with Crippen molar-refractivity contribution in [3.8, 4) is 11.5 Å². The van der Waals surface area contributed by atoms with Crippen LogP contribution in [0.1, 0.15) is 18.2 Å². The van der Waals surface area contributed by atoms with Gasteiger partial charge in [0.1, 0.15) is 17.5 Å². The molecule has 0 radical (unpaired) electrons. The Labute approximate surface area is 238 Å². The van der Waals surface area contributed by atoms with E-state index in [4.69, 9.17) is 9.47 Å². The zero-order valence-electron chi connectivity index (χ0n) is 22.7. The van der Waals surface area contributed by atoms with Gasteiger partial charge in [-0.15, -0.1) is 0 Å². The van der Waals surface area contributed by atoms with E-state index in [9.17, 15) is 13.2 Å². The highest BCUT2D eigenvalue weighted by molar-refractivity contribution is 7.89. The van der Waals surface area contributed by atoms with Crippen LogP contribution in [0.5, 0.6) is 11.5 Å². The van der Waals surface area contributed by atoms with Gasteiger partial charge >= 0.3 is 0 Å². The zero-order chi connectivity index (χ0) is 28.6. The molecule has 0 unspecified atom stereocenters. The highest BCUT2D eigenvalue weighted by Crippen LogP contribution is 2.34. The number of pyridine rings is 1. The highest BCUT2D eigenvalue weighted by atomic mass is 32.2. The van der Waals surface area contributed by atoms with Crippen molar-refractivity contribution in [2.75, 3.05) is 20.7 Å². The summed E-state index contributed by atoms with van der Waals surface area (Å²) in [4.78, 5) is 19.9. The van der Waals surface area contributed by atoms with E-state index in [2.05, 4.69) is 4.98 Å². The summed E-state index contributed by atoms with van der Waals surface area (Å²) in [5.74, 6) is 0.925. The number of likely N-dealkylation sites (tertiary alicyclic amines) is 1. The lowest BCUT2D eigenvalue weighted by atomic mass is 10.1. The summed E-state index contributed by atoms with van der Waals surface area (Å²) in [7, 11) is -0.942. The van der Waals surface area contributed by atoms with Crippen LogP contribution in [0.2, 0.25) is 0 Å². The predicted octanol–water partition coefficient (Wildman–Crippen LogP) is 5.40. The molecule has 41 heavy (non-hydrogen) atoms. The molecular formula is C32H29N3O5S. The van der Waals surface area contributed by atoms with Crippen molar-refractivity contribution in [3.05, 3.63) is 109 Å². The number of hydrogen-bond donors (Lipinski definition) is 0. The van der Waals surface area contributed by atoms with Gasteiger partial charge in [0.15, 0.2) is 0 Å². The molecule has 1 amide bonds. The summed E-state index contributed by atoms with van der Waals surface area (Å²) < 4.78 is 40.3. The number of amides is 1. The normalized spacial score (nSPS) is 16.4. The fourth-order valence-corrected chi connectivity index (χ4v) is 6.66. The monoisotopic (exact) mass is 567 g/mol. The molecule has 208 valence electrons. The third-order valence-electron chi connectivity index (χ3n) is 7.57. The van der Waals surface area contributed by atoms with Crippen LogP contribution in [0, 0.1) is 0 Å². The van der Waals surface area contributed by atoms with Crippen LogP contribution in [0.4, 0.5) is 0 Å². The number of likely N-dealkylation sites (N-methyl/N-ethyl adjacent to an activating group) is 1. The van der Waals surface area contributed by atoms with Gasteiger partial charge in [0.05, 0.1) is 12.0 Å². The van der Waals surface area contributed by atoms with E-state index in [1.165, 1.54) is 11.4 Å². The van der Waals surface area contributed by atoms with E-state index in [1.54, 1.807) is 48.7 Å². The molecule has 6 rings (SSSR count). The molecule has 1 saturated heterocycles. The Bertz CT molecular complexity index is 1850. The molecule has 0 spiro atoms. The van der Waals surface area contributed by atoms with Gasteiger partial charge in [-0.2, -0.15) is 4.31 Å². The molecule has 1 fully saturated rings. The van der Waals surface area contributed by atoms with E-state index >= 15 is 0 Å². The number of benzene rings is 4. The van der Waals surface area contributed by atoms with Crippen molar-refractivity contribution in [1.29, 1.82) is 0 Å².